The Morgan fingerprint density at radius 3 is 2.32 bits per heavy atom. The highest BCUT2D eigenvalue weighted by Gasteiger charge is 2.35. The van der Waals surface area contributed by atoms with Gasteiger partial charge in [-0.2, -0.15) is 0 Å². The van der Waals surface area contributed by atoms with E-state index in [1.165, 1.54) is 11.1 Å². The summed E-state index contributed by atoms with van der Waals surface area (Å²) in [6, 6.07) is 11.9. The van der Waals surface area contributed by atoms with Crippen molar-refractivity contribution < 1.29 is 9.53 Å². The molecule has 0 radical (unpaired) electrons. The minimum atomic E-state index is -0.346. The standard InChI is InChI=1S/C23H30N2O3/c1-16-5-7-17(8-6-16)23(11-13-28-14-12-23)15-24-20(26)18-9-10-19(22(2,3)4)25-21(18)27/h5-10H,11-15H2,1-4H3,(H,24,26)(H,25,27). The van der Waals surface area contributed by atoms with E-state index < -0.39 is 0 Å². The van der Waals surface area contributed by atoms with Crippen LogP contribution in [0.3, 0.4) is 0 Å². The number of hydrogen-bond donors (Lipinski definition) is 2. The highest BCUT2D eigenvalue weighted by Crippen LogP contribution is 2.34. The number of carbonyl (C=O) groups excluding carboxylic acids is 1. The van der Waals surface area contributed by atoms with Crippen molar-refractivity contribution in [2.75, 3.05) is 19.8 Å². The molecule has 1 fully saturated rings. The lowest BCUT2D eigenvalue weighted by Gasteiger charge is -2.38. The number of benzene rings is 1. The Balaban J connectivity index is 1.79. The number of amides is 1. The van der Waals surface area contributed by atoms with Crippen molar-refractivity contribution in [2.24, 2.45) is 0 Å². The number of nitrogens with one attached hydrogen (secondary N) is 2. The predicted octanol–water partition coefficient (Wildman–Crippen LogP) is 3.46. The predicted molar refractivity (Wildman–Crippen MR) is 111 cm³/mol. The van der Waals surface area contributed by atoms with E-state index in [-0.39, 0.29) is 27.9 Å². The normalized spacial score (nSPS) is 16.6. The molecular weight excluding hydrogens is 352 g/mol. The largest absolute Gasteiger partial charge is 0.381 e. The molecule has 1 aromatic heterocycles. The van der Waals surface area contributed by atoms with E-state index in [4.69, 9.17) is 4.74 Å². The van der Waals surface area contributed by atoms with E-state index >= 15 is 0 Å². The number of hydrogen-bond acceptors (Lipinski definition) is 3. The number of pyridine rings is 1. The fraction of sp³-hybridized carbons (Fsp3) is 0.478. The first-order valence-corrected chi connectivity index (χ1v) is 9.88. The van der Waals surface area contributed by atoms with Crippen LogP contribution in [0, 0.1) is 6.92 Å². The van der Waals surface area contributed by atoms with Gasteiger partial charge < -0.3 is 15.0 Å². The van der Waals surface area contributed by atoms with Crippen molar-refractivity contribution >= 4 is 5.91 Å². The maximum Gasteiger partial charge on any atom is 0.261 e. The van der Waals surface area contributed by atoms with Crippen molar-refractivity contribution in [3.8, 4) is 0 Å². The number of H-pyrrole nitrogens is 1. The van der Waals surface area contributed by atoms with Crippen LogP contribution in [0.2, 0.25) is 0 Å². The average Bonchev–Trinajstić information content (AvgIpc) is 2.66. The highest BCUT2D eigenvalue weighted by atomic mass is 16.5. The zero-order chi connectivity index (χ0) is 20.4. The summed E-state index contributed by atoms with van der Waals surface area (Å²) in [5.41, 5.74) is 2.69. The Morgan fingerprint density at radius 2 is 1.75 bits per heavy atom. The molecule has 28 heavy (non-hydrogen) atoms. The van der Waals surface area contributed by atoms with Gasteiger partial charge >= 0.3 is 0 Å². The number of rotatable bonds is 4. The van der Waals surface area contributed by atoms with Crippen LogP contribution in [-0.2, 0) is 15.6 Å². The fourth-order valence-corrected chi connectivity index (χ4v) is 3.67. The van der Waals surface area contributed by atoms with Crippen LogP contribution in [0.25, 0.3) is 0 Å². The summed E-state index contributed by atoms with van der Waals surface area (Å²) in [6.45, 7) is 9.96. The molecule has 150 valence electrons. The first kappa shape index (κ1) is 20.3. The van der Waals surface area contributed by atoms with Gasteiger partial charge in [-0.1, -0.05) is 50.6 Å². The molecule has 5 heteroatoms. The molecule has 1 amide bonds. The number of aryl methyl sites for hydroxylation is 1. The van der Waals surface area contributed by atoms with Gasteiger partial charge in [-0.25, -0.2) is 0 Å². The first-order valence-electron chi connectivity index (χ1n) is 9.88. The Morgan fingerprint density at radius 1 is 1.11 bits per heavy atom. The number of aromatic amines is 1. The van der Waals surface area contributed by atoms with Crippen molar-refractivity contribution in [2.45, 2.75) is 51.4 Å². The summed E-state index contributed by atoms with van der Waals surface area (Å²) in [7, 11) is 0. The van der Waals surface area contributed by atoms with Crippen LogP contribution in [0.15, 0.2) is 41.2 Å². The summed E-state index contributed by atoms with van der Waals surface area (Å²) in [6.07, 6.45) is 1.69. The van der Waals surface area contributed by atoms with Crippen molar-refractivity contribution in [3.05, 3.63) is 69.1 Å². The molecule has 1 aromatic carbocycles. The minimum Gasteiger partial charge on any atom is -0.381 e. The van der Waals surface area contributed by atoms with Crippen LogP contribution in [0.5, 0.6) is 0 Å². The Labute approximate surface area is 166 Å². The van der Waals surface area contributed by atoms with Crippen LogP contribution >= 0.6 is 0 Å². The Hall–Kier alpha value is -2.40. The summed E-state index contributed by atoms with van der Waals surface area (Å²) in [4.78, 5) is 28.0. The van der Waals surface area contributed by atoms with Crippen LogP contribution in [0.1, 0.15) is 60.8 Å². The third-order valence-corrected chi connectivity index (χ3v) is 5.66. The molecule has 1 aliphatic heterocycles. The first-order chi connectivity index (χ1) is 13.2. The zero-order valence-corrected chi connectivity index (χ0v) is 17.2. The van der Waals surface area contributed by atoms with Crippen molar-refractivity contribution in [1.29, 1.82) is 0 Å². The molecule has 0 unspecified atom stereocenters. The van der Waals surface area contributed by atoms with Crippen molar-refractivity contribution in [3.63, 3.8) is 0 Å². The number of aromatic nitrogens is 1. The van der Waals surface area contributed by atoms with Gasteiger partial charge in [0.2, 0.25) is 0 Å². The van der Waals surface area contributed by atoms with E-state index in [9.17, 15) is 9.59 Å². The minimum absolute atomic E-state index is 0.152. The monoisotopic (exact) mass is 382 g/mol. The van der Waals surface area contributed by atoms with Gasteiger partial charge in [0.15, 0.2) is 0 Å². The maximum absolute atomic E-state index is 12.7. The lowest BCUT2D eigenvalue weighted by Crippen LogP contribution is -2.45. The molecule has 3 rings (SSSR count). The molecule has 0 spiro atoms. The van der Waals surface area contributed by atoms with Crippen LogP contribution in [-0.4, -0.2) is 30.6 Å². The molecule has 5 nitrogen and oxygen atoms in total. The number of ether oxygens (including phenoxy) is 1. The number of carbonyl (C=O) groups is 1. The van der Waals surface area contributed by atoms with Gasteiger partial charge in [0.1, 0.15) is 5.56 Å². The Bertz CT molecular complexity index is 885. The van der Waals surface area contributed by atoms with E-state index in [0.29, 0.717) is 19.8 Å². The van der Waals surface area contributed by atoms with Gasteiger partial charge in [-0.3, -0.25) is 9.59 Å². The van der Waals surface area contributed by atoms with E-state index in [2.05, 4.69) is 41.5 Å². The maximum atomic E-state index is 12.7. The zero-order valence-electron chi connectivity index (χ0n) is 17.2. The van der Waals surface area contributed by atoms with Gasteiger partial charge in [0.25, 0.3) is 11.5 Å². The topological polar surface area (TPSA) is 71.2 Å². The van der Waals surface area contributed by atoms with E-state index in [0.717, 1.165) is 18.5 Å². The van der Waals surface area contributed by atoms with Gasteiger partial charge in [-0.05, 0) is 37.5 Å². The lowest BCUT2D eigenvalue weighted by atomic mass is 9.74. The third kappa shape index (κ3) is 4.36. The van der Waals surface area contributed by atoms with Gasteiger partial charge in [0, 0.05) is 36.3 Å². The third-order valence-electron chi connectivity index (χ3n) is 5.66. The summed E-state index contributed by atoms with van der Waals surface area (Å²) < 4.78 is 5.56. The average molecular weight is 383 g/mol. The van der Waals surface area contributed by atoms with Crippen LogP contribution < -0.4 is 10.9 Å². The lowest BCUT2D eigenvalue weighted by molar-refractivity contribution is 0.0487. The molecule has 2 N–H and O–H groups in total. The molecule has 0 saturated carbocycles. The molecule has 2 heterocycles. The molecule has 1 saturated heterocycles. The second-order valence-corrected chi connectivity index (χ2v) is 8.81. The smallest absolute Gasteiger partial charge is 0.261 e. The molecular formula is C23H30N2O3. The quantitative estimate of drug-likeness (QED) is 0.851. The summed E-state index contributed by atoms with van der Waals surface area (Å²) >= 11 is 0. The molecule has 0 atom stereocenters. The van der Waals surface area contributed by atoms with E-state index in [1.807, 2.05) is 26.8 Å². The molecule has 0 aliphatic carbocycles. The Kier molecular flexibility index (Phi) is 5.75. The molecule has 1 aliphatic rings. The van der Waals surface area contributed by atoms with Gasteiger partial charge in [0.05, 0.1) is 0 Å². The summed E-state index contributed by atoms with van der Waals surface area (Å²) in [5.74, 6) is -0.334. The molecule has 0 bridgehead atoms. The molecule has 2 aromatic rings. The van der Waals surface area contributed by atoms with Crippen molar-refractivity contribution in [1.82, 2.24) is 10.3 Å². The van der Waals surface area contributed by atoms with Crippen LogP contribution in [0.4, 0.5) is 0 Å². The van der Waals surface area contributed by atoms with Gasteiger partial charge in [-0.15, -0.1) is 0 Å². The second-order valence-electron chi connectivity index (χ2n) is 8.81. The SMILES string of the molecule is Cc1ccc(C2(CNC(=O)c3ccc(C(C)(C)C)[nH]c3=O)CCOCC2)cc1. The fourth-order valence-electron chi connectivity index (χ4n) is 3.67. The highest BCUT2D eigenvalue weighted by molar-refractivity contribution is 5.93. The van der Waals surface area contributed by atoms with E-state index in [1.54, 1.807) is 6.07 Å². The summed E-state index contributed by atoms with van der Waals surface area (Å²) in [5, 5.41) is 3.01. The second kappa shape index (κ2) is 7.92.